The third kappa shape index (κ3) is 4.15. The van der Waals surface area contributed by atoms with Crippen LogP contribution in [0.1, 0.15) is 26.3 Å². The lowest BCUT2D eigenvalue weighted by atomic mass is 10.0. The zero-order valence-electron chi connectivity index (χ0n) is 17.2. The highest BCUT2D eigenvalue weighted by Crippen LogP contribution is 2.39. The van der Waals surface area contributed by atoms with Gasteiger partial charge in [-0.1, -0.05) is 78.5 Å². The number of hydrogen-bond acceptors (Lipinski definition) is 3. The number of rotatable bonds is 4. The lowest BCUT2D eigenvalue weighted by Gasteiger charge is -2.10. The number of benzene rings is 4. The molecule has 0 atom stereocenters. The van der Waals surface area contributed by atoms with E-state index in [0.717, 1.165) is 26.5 Å². The summed E-state index contributed by atoms with van der Waals surface area (Å²) in [6.07, 6.45) is 0. The SMILES string of the molecule is O=C(NCc1ccc(-c2ccccc2)cc1)c1ccc2c(c1)NC(=O)c1ccccc1S2. The molecular formula is C27H20N2O2S. The van der Waals surface area contributed by atoms with Gasteiger partial charge >= 0.3 is 0 Å². The van der Waals surface area contributed by atoms with Crippen LogP contribution in [-0.2, 0) is 6.54 Å². The minimum absolute atomic E-state index is 0.164. The number of amides is 2. The Labute approximate surface area is 190 Å². The van der Waals surface area contributed by atoms with Crippen molar-refractivity contribution >= 4 is 29.3 Å². The summed E-state index contributed by atoms with van der Waals surface area (Å²) in [5.41, 5.74) is 5.12. The van der Waals surface area contributed by atoms with Crippen LogP contribution >= 0.6 is 11.8 Å². The predicted octanol–water partition coefficient (Wildman–Crippen LogP) is 6.00. The second-order valence-electron chi connectivity index (χ2n) is 7.51. The average Bonchev–Trinajstić information content (AvgIpc) is 2.98. The van der Waals surface area contributed by atoms with E-state index in [9.17, 15) is 9.59 Å². The van der Waals surface area contributed by atoms with Crippen LogP contribution in [-0.4, -0.2) is 11.8 Å². The maximum Gasteiger partial charge on any atom is 0.256 e. The fraction of sp³-hybridized carbons (Fsp3) is 0.0370. The van der Waals surface area contributed by atoms with Gasteiger partial charge in [-0.3, -0.25) is 9.59 Å². The molecule has 4 aromatic rings. The van der Waals surface area contributed by atoms with E-state index in [-0.39, 0.29) is 11.8 Å². The molecule has 0 saturated heterocycles. The molecule has 0 aliphatic carbocycles. The molecule has 0 fully saturated rings. The van der Waals surface area contributed by atoms with Gasteiger partial charge in [-0.05, 0) is 47.0 Å². The van der Waals surface area contributed by atoms with Crippen molar-refractivity contribution in [2.24, 2.45) is 0 Å². The van der Waals surface area contributed by atoms with Crippen molar-refractivity contribution in [2.45, 2.75) is 16.3 Å². The minimum atomic E-state index is -0.180. The number of hydrogen-bond donors (Lipinski definition) is 2. The summed E-state index contributed by atoms with van der Waals surface area (Å²) in [6.45, 7) is 0.428. The maximum absolute atomic E-state index is 12.7. The highest BCUT2D eigenvalue weighted by molar-refractivity contribution is 7.99. The Hall–Kier alpha value is -3.83. The van der Waals surface area contributed by atoms with Crippen LogP contribution in [0, 0.1) is 0 Å². The largest absolute Gasteiger partial charge is 0.348 e. The zero-order chi connectivity index (χ0) is 21.9. The van der Waals surface area contributed by atoms with E-state index in [1.807, 2.05) is 54.6 Å². The van der Waals surface area contributed by atoms with Crippen LogP contribution in [0.5, 0.6) is 0 Å². The summed E-state index contributed by atoms with van der Waals surface area (Å²) >= 11 is 1.52. The Balaban J connectivity index is 1.28. The van der Waals surface area contributed by atoms with Gasteiger partial charge in [0.25, 0.3) is 11.8 Å². The van der Waals surface area contributed by atoms with E-state index in [2.05, 4.69) is 34.9 Å². The van der Waals surface area contributed by atoms with Crippen molar-refractivity contribution in [1.82, 2.24) is 5.32 Å². The van der Waals surface area contributed by atoms with Gasteiger partial charge in [0.2, 0.25) is 0 Å². The molecule has 0 saturated carbocycles. The first-order valence-electron chi connectivity index (χ1n) is 10.3. The molecule has 0 unspecified atom stereocenters. The van der Waals surface area contributed by atoms with Crippen LogP contribution in [0.25, 0.3) is 11.1 Å². The molecule has 2 N–H and O–H groups in total. The van der Waals surface area contributed by atoms with E-state index < -0.39 is 0 Å². The fourth-order valence-electron chi connectivity index (χ4n) is 3.64. The van der Waals surface area contributed by atoms with Gasteiger partial charge in [0.15, 0.2) is 0 Å². The summed E-state index contributed by atoms with van der Waals surface area (Å²) in [5.74, 6) is -0.344. The summed E-state index contributed by atoms with van der Waals surface area (Å²) in [6, 6.07) is 31.2. The fourth-order valence-corrected chi connectivity index (χ4v) is 4.65. The van der Waals surface area contributed by atoms with Crippen molar-refractivity contribution in [3.8, 4) is 11.1 Å². The molecule has 1 aliphatic heterocycles. The number of carbonyl (C=O) groups excluding carboxylic acids is 2. The van der Waals surface area contributed by atoms with E-state index in [4.69, 9.17) is 0 Å². The Bertz CT molecular complexity index is 1300. The topological polar surface area (TPSA) is 58.2 Å². The molecule has 1 heterocycles. The second-order valence-corrected chi connectivity index (χ2v) is 8.59. The number of nitrogens with one attached hydrogen (secondary N) is 2. The van der Waals surface area contributed by atoms with Crippen LogP contribution in [0.2, 0.25) is 0 Å². The Morgan fingerprint density at radius 2 is 1.50 bits per heavy atom. The van der Waals surface area contributed by atoms with Gasteiger partial charge in [0.1, 0.15) is 0 Å². The van der Waals surface area contributed by atoms with Gasteiger partial charge in [-0.2, -0.15) is 0 Å². The molecule has 32 heavy (non-hydrogen) atoms. The summed E-state index contributed by atoms with van der Waals surface area (Å²) < 4.78 is 0. The smallest absolute Gasteiger partial charge is 0.256 e. The van der Waals surface area contributed by atoms with E-state index >= 15 is 0 Å². The molecule has 5 rings (SSSR count). The van der Waals surface area contributed by atoms with E-state index in [1.165, 1.54) is 11.8 Å². The number of carbonyl (C=O) groups is 2. The first-order valence-corrected chi connectivity index (χ1v) is 11.1. The molecule has 4 nitrogen and oxygen atoms in total. The molecule has 2 amide bonds. The highest BCUT2D eigenvalue weighted by Gasteiger charge is 2.20. The summed E-state index contributed by atoms with van der Waals surface area (Å²) in [7, 11) is 0. The van der Waals surface area contributed by atoms with Crippen molar-refractivity contribution < 1.29 is 9.59 Å². The molecule has 0 spiro atoms. The molecular weight excluding hydrogens is 416 g/mol. The first kappa shape index (κ1) is 20.1. The predicted molar refractivity (Wildman–Crippen MR) is 128 cm³/mol. The third-order valence-corrected chi connectivity index (χ3v) is 6.51. The van der Waals surface area contributed by atoms with Gasteiger partial charge in [-0.15, -0.1) is 0 Å². The van der Waals surface area contributed by atoms with E-state index in [1.54, 1.807) is 18.2 Å². The van der Waals surface area contributed by atoms with Gasteiger partial charge < -0.3 is 10.6 Å². The zero-order valence-corrected chi connectivity index (χ0v) is 18.0. The summed E-state index contributed by atoms with van der Waals surface area (Å²) in [5, 5.41) is 5.90. The molecule has 4 aromatic carbocycles. The van der Waals surface area contributed by atoms with Crippen LogP contribution in [0.3, 0.4) is 0 Å². The molecule has 1 aliphatic rings. The van der Waals surface area contributed by atoms with E-state index in [0.29, 0.717) is 23.4 Å². The Morgan fingerprint density at radius 1 is 0.781 bits per heavy atom. The molecule has 0 bridgehead atoms. The highest BCUT2D eigenvalue weighted by atomic mass is 32.2. The first-order chi connectivity index (χ1) is 15.7. The van der Waals surface area contributed by atoms with Crippen molar-refractivity contribution in [3.05, 3.63) is 114 Å². The van der Waals surface area contributed by atoms with Gasteiger partial charge in [0, 0.05) is 21.9 Å². The Kier molecular flexibility index (Phi) is 5.48. The monoisotopic (exact) mass is 436 g/mol. The normalized spacial score (nSPS) is 12.2. The van der Waals surface area contributed by atoms with Crippen LogP contribution in [0.15, 0.2) is 107 Å². The minimum Gasteiger partial charge on any atom is -0.348 e. The maximum atomic E-state index is 12.7. The average molecular weight is 437 g/mol. The summed E-state index contributed by atoms with van der Waals surface area (Å²) in [4.78, 5) is 27.1. The van der Waals surface area contributed by atoms with Crippen molar-refractivity contribution in [3.63, 3.8) is 0 Å². The van der Waals surface area contributed by atoms with Gasteiger partial charge in [-0.25, -0.2) is 0 Å². The quantitative estimate of drug-likeness (QED) is 0.412. The molecule has 0 aromatic heterocycles. The van der Waals surface area contributed by atoms with Crippen molar-refractivity contribution in [2.75, 3.05) is 5.32 Å². The number of fused-ring (bicyclic) bond motifs is 2. The standard InChI is InChI=1S/C27H20N2O2S/c30-26(28-17-18-10-12-20(13-11-18)19-6-2-1-3-7-19)21-14-15-25-23(16-21)29-27(31)22-8-4-5-9-24(22)32-25/h1-16H,17H2,(H,28,30)(H,29,31). The third-order valence-electron chi connectivity index (χ3n) is 5.36. The van der Waals surface area contributed by atoms with Crippen molar-refractivity contribution in [1.29, 1.82) is 0 Å². The van der Waals surface area contributed by atoms with Crippen LogP contribution in [0.4, 0.5) is 5.69 Å². The second kappa shape index (κ2) is 8.73. The molecule has 0 radical (unpaired) electrons. The number of anilines is 1. The van der Waals surface area contributed by atoms with Crippen LogP contribution < -0.4 is 10.6 Å². The lowest BCUT2D eigenvalue weighted by Crippen LogP contribution is -2.23. The molecule has 5 heteroatoms. The van der Waals surface area contributed by atoms with Gasteiger partial charge in [0.05, 0.1) is 11.3 Å². The lowest BCUT2D eigenvalue weighted by molar-refractivity contribution is 0.0949. The Morgan fingerprint density at radius 3 is 2.31 bits per heavy atom. The molecule has 156 valence electrons.